The predicted molar refractivity (Wildman–Crippen MR) is 68.8 cm³/mol. The molecule has 1 aromatic rings. The third-order valence-electron chi connectivity index (χ3n) is 2.77. The lowest BCUT2D eigenvalue weighted by Crippen LogP contribution is -2.19. The van der Waals surface area contributed by atoms with Crippen LogP contribution in [-0.2, 0) is 11.2 Å². The highest BCUT2D eigenvalue weighted by atomic mass is 35.5. The SMILES string of the molecule is CC(CCl)COc1ccc2c(c1)CCC(=O)N2. The number of alkyl halides is 1. The Morgan fingerprint density at radius 1 is 1.47 bits per heavy atom. The van der Waals surface area contributed by atoms with Gasteiger partial charge in [-0.25, -0.2) is 0 Å². The van der Waals surface area contributed by atoms with Crippen LogP contribution in [0.5, 0.6) is 5.75 Å². The molecule has 17 heavy (non-hydrogen) atoms. The number of nitrogens with one attached hydrogen (secondary N) is 1. The summed E-state index contributed by atoms with van der Waals surface area (Å²) in [5, 5.41) is 2.85. The molecule has 1 unspecified atom stereocenters. The summed E-state index contributed by atoms with van der Waals surface area (Å²) >= 11 is 5.72. The molecule has 0 fully saturated rings. The second-order valence-corrected chi connectivity index (χ2v) is 4.75. The van der Waals surface area contributed by atoms with Gasteiger partial charge in [0.05, 0.1) is 6.61 Å². The normalized spacial score (nSPS) is 16.0. The first-order chi connectivity index (χ1) is 8.19. The maximum absolute atomic E-state index is 11.2. The maximum atomic E-state index is 11.2. The summed E-state index contributed by atoms with van der Waals surface area (Å²) in [7, 11) is 0. The lowest BCUT2D eigenvalue weighted by Gasteiger charge is -2.18. The number of aryl methyl sites for hydroxylation is 1. The van der Waals surface area contributed by atoms with Crippen molar-refractivity contribution < 1.29 is 9.53 Å². The molecule has 1 heterocycles. The average Bonchev–Trinajstić information content (AvgIpc) is 2.35. The molecule has 0 aliphatic carbocycles. The van der Waals surface area contributed by atoms with Gasteiger partial charge in [0.2, 0.25) is 5.91 Å². The van der Waals surface area contributed by atoms with Gasteiger partial charge in [-0.1, -0.05) is 6.92 Å². The van der Waals surface area contributed by atoms with Crippen molar-refractivity contribution in [3.63, 3.8) is 0 Å². The van der Waals surface area contributed by atoms with E-state index in [2.05, 4.69) is 5.32 Å². The van der Waals surface area contributed by atoms with Crippen molar-refractivity contribution >= 4 is 23.2 Å². The van der Waals surface area contributed by atoms with Crippen molar-refractivity contribution in [2.75, 3.05) is 17.8 Å². The third kappa shape index (κ3) is 3.13. The number of carbonyl (C=O) groups excluding carboxylic acids is 1. The van der Waals surface area contributed by atoms with Crippen LogP contribution >= 0.6 is 11.6 Å². The first kappa shape index (κ1) is 12.2. The lowest BCUT2D eigenvalue weighted by molar-refractivity contribution is -0.116. The van der Waals surface area contributed by atoms with Crippen molar-refractivity contribution in [1.29, 1.82) is 0 Å². The summed E-state index contributed by atoms with van der Waals surface area (Å²) in [5.41, 5.74) is 2.04. The summed E-state index contributed by atoms with van der Waals surface area (Å²) in [5.74, 6) is 1.87. The Morgan fingerprint density at radius 2 is 2.29 bits per heavy atom. The molecule has 0 saturated heterocycles. The van der Waals surface area contributed by atoms with Crippen LogP contribution in [0.3, 0.4) is 0 Å². The van der Waals surface area contributed by atoms with Crippen molar-refractivity contribution in [3.8, 4) is 5.75 Å². The van der Waals surface area contributed by atoms with Gasteiger partial charge in [0, 0.05) is 23.9 Å². The van der Waals surface area contributed by atoms with E-state index in [1.165, 1.54) is 0 Å². The van der Waals surface area contributed by atoms with Crippen LogP contribution < -0.4 is 10.1 Å². The average molecular weight is 254 g/mol. The summed E-state index contributed by atoms with van der Waals surface area (Å²) in [6.45, 7) is 2.67. The standard InChI is InChI=1S/C13H16ClNO2/c1-9(7-14)8-17-11-3-4-12-10(6-11)2-5-13(16)15-12/h3-4,6,9H,2,5,7-8H2,1H3,(H,15,16). The number of hydrogen-bond donors (Lipinski definition) is 1. The molecule has 4 heteroatoms. The summed E-state index contributed by atoms with van der Waals surface area (Å²) in [6.07, 6.45) is 1.33. The molecule has 1 aliphatic heterocycles. The first-order valence-electron chi connectivity index (χ1n) is 5.80. The van der Waals surface area contributed by atoms with E-state index in [0.717, 1.165) is 23.4 Å². The first-order valence-corrected chi connectivity index (χ1v) is 6.34. The highest BCUT2D eigenvalue weighted by Gasteiger charge is 2.15. The Bertz CT molecular complexity index is 420. The topological polar surface area (TPSA) is 38.3 Å². The van der Waals surface area contributed by atoms with E-state index < -0.39 is 0 Å². The van der Waals surface area contributed by atoms with Crippen LogP contribution in [0.2, 0.25) is 0 Å². The molecule has 1 N–H and O–H groups in total. The van der Waals surface area contributed by atoms with Gasteiger partial charge >= 0.3 is 0 Å². The highest BCUT2D eigenvalue weighted by Crippen LogP contribution is 2.26. The predicted octanol–water partition coefficient (Wildman–Crippen LogP) is 2.83. The fourth-order valence-electron chi connectivity index (χ4n) is 1.73. The van der Waals surface area contributed by atoms with Crippen molar-refractivity contribution in [2.24, 2.45) is 5.92 Å². The maximum Gasteiger partial charge on any atom is 0.224 e. The number of amides is 1. The van der Waals surface area contributed by atoms with Crippen LogP contribution in [0.25, 0.3) is 0 Å². The van der Waals surface area contributed by atoms with Gasteiger partial charge in [-0.05, 0) is 30.2 Å². The van der Waals surface area contributed by atoms with E-state index in [1.54, 1.807) is 0 Å². The van der Waals surface area contributed by atoms with Crippen LogP contribution in [0.1, 0.15) is 18.9 Å². The van der Waals surface area contributed by atoms with E-state index in [9.17, 15) is 4.79 Å². The Labute approximate surface area is 106 Å². The summed E-state index contributed by atoms with van der Waals surface area (Å²) in [4.78, 5) is 11.2. The molecule has 92 valence electrons. The molecule has 0 spiro atoms. The van der Waals surface area contributed by atoms with Gasteiger partial charge < -0.3 is 10.1 Å². The smallest absolute Gasteiger partial charge is 0.224 e. The summed E-state index contributed by atoms with van der Waals surface area (Å²) in [6, 6.07) is 5.77. The minimum atomic E-state index is 0.0851. The number of rotatable bonds is 4. The molecule has 0 radical (unpaired) electrons. The number of fused-ring (bicyclic) bond motifs is 1. The Morgan fingerprint density at radius 3 is 3.06 bits per heavy atom. The summed E-state index contributed by atoms with van der Waals surface area (Å²) < 4.78 is 5.65. The molecule has 0 bridgehead atoms. The number of anilines is 1. The van der Waals surface area contributed by atoms with Crippen LogP contribution in [0.15, 0.2) is 18.2 Å². The van der Waals surface area contributed by atoms with Gasteiger partial charge in [0.1, 0.15) is 5.75 Å². The number of carbonyl (C=O) groups is 1. The molecule has 0 aromatic heterocycles. The van der Waals surface area contributed by atoms with Crippen LogP contribution in [0, 0.1) is 5.92 Å². The molecule has 3 nitrogen and oxygen atoms in total. The van der Waals surface area contributed by atoms with Gasteiger partial charge in [-0.3, -0.25) is 4.79 Å². The van der Waals surface area contributed by atoms with E-state index in [0.29, 0.717) is 24.8 Å². The molecule has 2 rings (SSSR count). The Hall–Kier alpha value is -1.22. The molecule has 0 saturated carbocycles. The van der Waals surface area contributed by atoms with E-state index in [4.69, 9.17) is 16.3 Å². The zero-order chi connectivity index (χ0) is 12.3. The van der Waals surface area contributed by atoms with Crippen molar-refractivity contribution in [3.05, 3.63) is 23.8 Å². The van der Waals surface area contributed by atoms with Gasteiger partial charge in [0.25, 0.3) is 0 Å². The third-order valence-corrected chi connectivity index (χ3v) is 3.30. The van der Waals surface area contributed by atoms with Gasteiger partial charge in [0.15, 0.2) is 0 Å². The molecular weight excluding hydrogens is 238 g/mol. The number of benzene rings is 1. The lowest BCUT2D eigenvalue weighted by atomic mass is 10.0. The Balaban J connectivity index is 2.04. The number of ether oxygens (including phenoxy) is 1. The zero-order valence-electron chi connectivity index (χ0n) is 9.83. The van der Waals surface area contributed by atoms with E-state index >= 15 is 0 Å². The minimum Gasteiger partial charge on any atom is -0.493 e. The number of halogens is 1. The van der Waals surface area contributed by atoms with E-state index in [1.807, 2.05) is 25.1 Å². The zero-order valence-corrected chi connectivity index (χ0v) is 10.6. The largest absolute Gasteiger partial charge is 0.493 e. The van der Waals surface area contributed by atoms with Crippen LogP contribution in [-0.4, -0.2) is 18.4 Å². The van der Waals surface area contributed by atoms with Crippen molar-refractivity contribution in [2.45, 2.75) is 19.8 Å². The van der Waals surface area contributed by atoms with Crippen molar-refractivity contribution in [1.82, 2.24) is 0 Å². The minimum absolute atomic E-state index is 0.0851. The Kier molecular flexibility index (Phi) is 3.89. The monoisotopic (exact) mass is 253 g/mol. The quantitative estimate of drug-likeness (QED) is 0.838. The number of hydrogen-bond acceptors (Lipinski definition) is 2. The second kappa shape index (κ2) is 5.41. The second-order valence-electron chi connectivity index (χ2n) is 4.44. The van der Waals surface area contributed by atoms with Gasteiger partial charge in [-0.15, -0.1) is 11.6 Å². The molecular formula is C13H16ClNO2. The molecule has 1 atom stereocenters. The molecule has 1 aliphatic rings. The van der Waals surface area contributed by atoms with Crippen LogP contribution in [0.4, 0.5) is 5.69 Å². The van der Waals surface area contributed by atoms with E-state index in [-0.39, 0.29) is 5.91 Å². The fraction of sp³-hybridized carbons (Fsp3) is 0.462. The molecule has 1 amide bonds. The van der Waals surface area contributed by atoms with Gasteiger partial charge in [-0.2, -0.15) is 0 Å². The highest BCUT2D eigenvalue weighted by molar-refractivity contribution is 6.18. The fourth-order valence-corrected chi connectivity index (χ4v) is 1.82. The molecule has 1 aromatic carbocycles.